The number of pyridine rings is 1. The lowest BCUT2D eigenvalue weighted by Crippen LogP contribution is -2.13. The third-order valence-electron chi connectivity index (χ3n) is 3.95. The van der Waals surface area contributed by atoms with Crippen molar-refractivity contribution in [3.63, 3.8) is 0 Å². The number of carbonyl (C=O) groups is 1. The number of nitrogens with zero attached hydrogens (tertiary/aromatic N) is 3. The van der Waals surface area contributed by atoms with E-state index in [4.69, 9.17) is 0 Å². The minimum atomic E-state index is -0.177. The molecule has 0 radical (unpaired) electrons. The van der Waals surface area contributed by atoms with E-state index in [0.717, 1.165) is 9.92 Å². The summed E-state index contributed by atoms with van der Waals surface area (Å²) < 4.78 is 0. The molecule has 0 unspecified atom stereocenters. The van der Waals surface area contributed by atoms with E-state index in [1.807, 2.05) is 61.5 Å². The van der Waals surface area contributed by atoms with Crippen LogP contribution in [0.15, 0.2) is 82.8 Å². The van der Waals surface area contributed by atoms with Gasteiger partial charge in [0.2, 0.25) is 0 Å². The van der Waals surface area contributed by atoms with Crippen molar-refractivity contribution in [3.8, 4) is 0 Å². The molecule has 0 spiro atoms. The zero-order valence-corrected chi connectivity index (χ0v) is 15.4. The molecule has 132 valence electrons. The molecule has 0 atom stereocenters. The third-order valence-corrected chi connectivity index (χ3v) is 4.87. The van der Waals surface area contributed by atoms with Crippen LogP contribution in [-0.4, -0.2) is 20.9 Å². The summed E-state index contributed by atoms with van der Waals surface area (Å²) in [6, 6.07) is 20.9. The first-order valence-corrected chi connectivity index (χ1v) is 9.24. The first-order valence-electron chi connectivity index (χ1n) is 8.43. The van der Waals surface area contributed by atoms with Crippen molar-refractivity contribution in [1.29, 1.82) is 0 Å². The van der Waals surface area contributed by atoms with Gasteiger partial charge in [0.25, 0.3) is 5.91 Å². The number of hydrogen-bond donors (Lipinski definition) is 1. The van der Waals surface area contributed by atoms with E-state index in [-0.39, 0.29) is 5.91 Å². The number of hydrogen-bond acceptors (Lipinski definition) is 5. The fourth-order valence-electron chi connectivity index (χ4n) is 2.59. The third kappa shape index (κ3) is 3.96. The molecule has 0 aliphatic carbocycles. The Morgan fingerprint density at radius 1 is 0.963 bits per heavy atom. The summed E-state index contributed by atoms with van der Waals surface area (Å²) in [5.74, 6) is -0.177. The van der Waals surface area contributed by atoms with Gasteiger partial charge >= 0.3 is 0 Å². The minimum absolute atomic E-state index is 0.177. The number of amides is 1. The number of rotatable bonds is 4. The summed E-state index contributed by atoms with van der Waals surface area (Å²) in [6.45, 7) is 1.85. The molecule has 0 fully saturated rings. The van der Waals surface area contributed by atoms with Crippen molar-refractivity contribution in [2.45, 2.75) is 16.8 Å². The predicted molar refractivity (Wildman–Crippen MR) is 107 cm³/mol. The maximum atomic E-state index is 12.4. The van der Waals surface area contributed by atoms with E-state index >= 15 is 0 Å². The van der Waals surface area contributed by atoms with Gasteiger partial charge in [0.05, 0.1) is 17.6 Å². The molecule has 0 bridgehead atoms. The topological polar surface area (TPSA) is 67.8 Å². The first kappa shape index (κ1) is 17.2. The molecule has 1 N–H and O–H groups in total. The van der Waals surface area contributed by atoms with Gasteiger partial charge in [-0.05, 0) is 37.3 Å². The Hall–Kier alpha value is -3.25. The number of aryl methyl sites for hydroxylation is 1. The molecule has 0 saturated heterocycles. The molecular weight excluding hydrogens is 356 g/mol. The summed E-state index contributed by atoms with van der Waals surface area (Å²) in [4.78, 5) is 27.0. The summed E-state index contributed by atoms with van der Waals surface area (Å²) in [6.07, 6.45) is 1.72. The quantitative estimate of drug-likeness (QED) is 0.560. The van der Waals surface area contributed by atoms with Gasteiger partial charge in [-0.25, -0.2) is 15.0 Å². The van der Waals surface area contributed by atoms with Gasteiger partial charge in [0.15, 0.2) is 5.65 Å². The van der Waals surface area contributed by atoms with Gasteiger partial charge in [-0.2, -0.15) is 0 Å². The summed E-state index contributed by atoms with van der Waals surface area (Å²) in [5, 5.41) is 3.68. The van der Waals surface area contributed by atoms with E-state index in [1.54, 1.807) is 18.3 Å². The van der Waals surface area contributed by atoms with Crippen molar-refractivity contribution < 1.29 is 4.79 Å². The number of carbonyl (C=O) groups excluding carboxylic acids is 1. The molecule has 4 aromatic rings. The van der Waals surface area contributed by atoms with E-state index in [2.05, 4.69) is 20.3 Å². The van der Waals surface area contributed by atoms with Crippen LogP contribution < -0.4 is 5.32 Å². The van der Waals surface area contributed by atoms with Gasteiger partial charge in [0, 0.05) is 10.5 Å². The van der Waals surface area contributed by atoms with Crippen LogP contribution in [0.1, 0.15) is 16.1 Å². The van der Waals surface area contributed by atoms with Gasteiger partial charge in [-0.1, -0.05) is 48.2 Å². The van der Waals surface area contributed by atoms with Crippen LogP contribution in [0.5, 0.6) is 0 Å². The zero-order chi connectivity index (χ0) is 18.6. The highest BCUT2D eigenvalue weighted by molar-refractivity contribution is 7.99. The van der Waals surface area contributed by atoms with E-state index in [0.29, 0.717) is 28.1 Å². The average Bonchev–Trinajstić information content (AvgIpc) is 2.70. The summed E-state index contributed by atoms with van der Waals surface area (Å²) in [7, 11) is 0. The van der Waals surface area contributed by atoms with Crippen molar-refractivity contribution in [2.75, 3.05) is 5.32 Å². The number of fused-ring (bicyclic) bond motifs is 1. The molecular formula is C21H16N4OS. The molecule has 2 heterocycles. The fourth-order valence-corrected chi connectivity index (χ4v) is 3.36. The van der Waals surface area contributed by atoms with Crippen LogP contribution in [0.2, 0.25) is 0 Å². The Morgan fingerprint density at radius 3 is 2.41 bits per heavy atom. The van der Waals surface area contributed by atoms with Crippen LogP contribution in [-0.2, 0) is 0 Å². The van der Waals surface area contributed by atoms with E-state index in [1.165, 1.54) is 11.8 Å². The number of anilines is 1. The van der Waals surface area contributed by atoms with Gasteiger partial charge in [0.1, 0.15) is 10.5 Å². The molecule has 1 amide bonds. The maximum absolute atomic E-state index is 12.4. The second-order valence-electron chi connectivity index (χ2n) is 5.91. The summed E-state index contributed by atoms with van der Waals surface area (Å²) in [5.41, 5.74) is 3.13. The van der Waals surface area contributed by atoms with Crippen molar-refractivity contribution in [3.05, 3.63) is 84.2 Å². The van der Waals surface area contributed by atoms with Crippen LogP contribution in [0, 0.1) is 6.92 Å². The SMILES string of the molecule is Cc1nc2nc(Sc3ccccc3)cnc2cc1NC(=O)c1ccccc1. The number of aromatic nitrogens is 3. The zero-order valence-electron chi connectivity index (χ0n) is 14.6. The molecule has 0 aliphatic heterocycles. The molecule has 0 aliphatic rings. The number of benzene rings is 2. The van der Waals surface area contributed by atoms with E-state index < -0.39 is 0 Å². The molecule has 2 aromatic heterocycles. The van der Waals surface area contributed by atoms with E-state index in [9.17, 15) is 4.79 Å². The molecule has 4 rings (SSSR count). The molecule has 5 nitrogen and oxygen atoms in total. The predicted octanol–water partition coefficient (Wildman–Crippen LogP) is 4.74. The second-order valence-corrected chi connectivity index (χ2v) is 7.00. The largest absolute Gasteiger partial charge is 0.320 e. The lowest BCUT2D eigenvalue weighted by Gasteiger charge is -2.09. The molecule has 27 heavy (non-hydrogen) atoms. The highest BCUT2D eigenvalue weighted by Gasteiger charge is 2.11. The van der Waals surface area contributed by atoms with Crippen molar-refractivity contribution in [2.24, 2.45) is 0 Å². The highest BCUT2D eigenvalue weighted by Crippen LogP contribution is 2.27. The maximum Gasteiger partial charge on any atom is 0.255 e. The van der Waals surface area contributed by atoms with Crippen LogP contribution in [0.3, 0.4) is 0 Å². The van der Waals surface area contributed by atoms with Gasteiger partial charge < -0.3 is 5.32 Å². The van der Waals surface area contributed by atoms with Crippen molar-refractivity contribution in [1.82, 2.24) is 15.0 Å². The Labute approximate surface area is 160 Å². The second kappa shape index (κ2) is 7.55. The fraction of sp³-hybridized carbons (Fsp3) is 0.0476. The smallest absolute Gasteiger partial charge is 0.255 e. The summed E-state index contributed by atoms with van der Waals surface area (Å²) >= 11 is 1.54. The van der Waals surface area contributed by atoms with Gasteiger partial charge in [-0.15, -0.1) is 0 Å². The minimum Gasteiger partial charge on any atom is -0.320 e. The lowest BCUT2D eigenvalue weighted by molar-refractivity contribution is 0.102. The lowest BCUT2D eigenvalue weighted by atomic mass is 10.2. The standard InChI is InChI=1S/C21H16N4OS/c1-14-17(24-21(26)15-8-4-2-5-9-15)12-18-20(23-14)25-19(13-22-18)27-16-10-6-3-7-11-16/h2-13H,1H3,(H,24,26). The highest BCUT2D eigenvalue weighted by atomic mass is 32.2. The molecule has 6 heteroatoms. The number of nitrogens with one attached hydrogen (secondary N) is 1. The monoisotopic (exact) mass is 372 g/mol. The van der Waals surface area contributed by atoms with Crippen LogP contribution >= 0.6 is 11.8 Å². The molecule has 2 aromatic carbocycles. The normalized spacial score (nSPS) is 10.7. The van der Waals surface area contributed by atoms with Gasteiger partial charge in [-0.3, -0.25) is 4.79 Å². The Morgan fingerprint density at radius 2 is 1.67 bits per heavy atom. The Bertz CT molecular complexity index is 1100. The van der Waals surface area contributed by atoms with Crippen LogP contribution in [0.25, 0.3) is 11.2 Å². The Balaban J connectivity index is 1.60. The van der Waals surface area contributed by atoms with Crippen molar-refractivity contribution >= 4 is 34.5 Å². The average molecular weight is 372 g/mol. The first-order chi connectivity index (χ1) is 13.2. The Kier molecular flexibility index (Phi) is 4.80. The van der Waals surface area contributed by atoms with Crippen LogP contribution in [0.4, 0.5) is 5.69 Å². The molecule has 0 saturated carbocycles.